The third-order valence-corrected chi connectivity index (χ3v) is 13.6. The van der Waals surface area contributed by atoms with Crippen molar-refractivity contribution >= 4 is 50.7 Å². The van der Waals surface area contributed by atoms with Crippen molar-refractivity contribution in [2.45, 2.75) is 121 Å². The van der Waals surface area contributed by atoms with Crippen LogP contribution >= 0.6 is 0 Å². The fourth-order valence-electron chi connectivity index (χ4n) is 7.67. The van der Waals surface area contributed by atoms with Crippen LogP contribution in [-0.4, -0.2) is 109 Å². The van der Waals surface area contributed by atoms with Gasteiger partial charge in [-0.1, -0.05) is 26.0 Å². The molecule has 1 saturated heterocycles. The molecule has 3 N–H and O–H groups in total. The van der Waals surface area contributed by atoms with E-state index in [-0.39, 0.29) is 37.1 Å². The van der Waals surface area contributed by atoms with Crippen LogP contribution < -0.4 is 29.7 Å². The summed E-state index contributed by atoms with van der Waals surface area (Å²) in [6.07, 6.45) is 5.37. The van der Waals surface area contributed by atoms with Gasteiger partial charge >= 0.3 is 6.09 Å². The van der Waals surface area contributed by atoms with Crippen molar-refractivity contribution in [1.29, 1.82) is 0 Å². The van der Waals surface area contributed by atoms with E-state index >= 15 is 0 Å². The molecule has 4 amide bonds. The number of hydrogen-bond donors (Lipinski definition) is 3. The van der Waals surface area contributed by atoms with E-state index in [9.17, 15) is 27.6 Å². The van der Waals surface area contributed by atoms with E-state index in [4.69, 9.17) is 14.2 Å². The molecule has 1 aromatic carbocycles. The van der Waals surface area contributed by atoms with E-state index in [0.717, 1.165) is 6.42 Å². The van der Waals surface area contributed by atoms with Crippen LogP contribution in [0.25, 0.3) is 10.9 Å². The predicted octanol–water partition coefficient (Wildman–Crippen LogP) is 3.83. The maximum absolute atomic E-state index is 14.9. The van der Waals surface area contributed by atoms with Crippen LogP contribution in [-0.2, 0) is 29.1 Å². The molecule has 2 aliphatic carbocycles. The molecule has 16 nitrogen and oxygen atoms in total. The van der Waals surface area contributed by atoms with Gasteiger partial charge in [-0.15, -0.1) is 0 Å². The molecule has 3 heterocycles. The molecule has 1 aromatic heterocycles. The van der Waals surface area contributed by atoms with Crippen LogP contribution in [0.15, 0.2) is 30.4 Å². The van der Waals surface area contributed by atoms with Gasteiger partial charge in [-0.3, -0.25) is 19.1 Å². The molecule has 3 fully saturated rings. The van der Waals surface area contributed by atoms with Gasteiger partial charge in [0.15, 0.2) is 0 Å². The average molecular weight is 812 g/mol. The Bertz CT molecular complexity index is 2050. The van der Waals surface area contributed by atoms with Gasteiger partial charge in [0, 0.05) is 32.5 Å². The Balaban J connectivity index is 1.37. The number of carbonyl (C=O) groups is 4. The lowest BCUT2D eigenvalue weighted by Gasteiger charge is -2.33. The van der Waals surface area contributed by atoms with E-state index in [2.05, 4.69) is 32.2 Å². The summed E-state index contributed by atoms with van der Waals surface area (Å²) in [4.78, 5) is 69.1. The zero-order valence-corrected chi connectivity index (χ0v) is 35.2. The molecule has 0 unspecified atom stereocenters. The minimum Gasteiger partial charge on any atom is -0.497 e. The second-order valence-electron chi connectivity index (χ2n) is 17.7. The normalized spacial score (nSPS) is 29.4. The molecule has 0 spiro atoms. The van der Waals surface area contributed by atoms with Crippen LogP contribution in [0.2, 0.25) is 0 Å². The first-order valence-corrected chi connectivity index (χ1v) is 21.2. The van der Waals surface area contributed by atoms with Crippen LogP contribution in [0.5, 0.6) is 11.6 Å². The number of ether oxygens (including phenoxy) is 3. The number of rotatable bonds is 8. The van der Waals surface area contributed by atoms with E-state index in [1.54, 1.807) is 72.0 Å². The minimum absolute atomic E-state index is 0.00897. The zero-order valence-electron chi connectivity index (χ0n) is 34.4. The van der Waals surface area contributed by atoms with E-state index in [1.165, 1.54) is 4.90 Å². The quantitative estimate of drug-likeness (QED) is 0.326. The number of amides is 4. The third-order valence-electron chi connectivity index (χ3n) is 11.5. The number of nitrogens with zero attached hydrogens (tertiary/aromatic N) is 4. The lowest BCUT2D eigenvalue weighted by atomic mass is 9.88. The second kappa shape index (κ2) is 15.6. The van der Waals surface area contributed by atoms with Gasteiger partial charge in [-0.05, 0) is 90.2 Å². The zero-order chi connectivity index (χ0) is 41.7. The molecule has 6 rings (SSSR count). The number of alkyl carbamates (subject to hydrolysis) is 1. The van der Waals surface area contributed by atoms with E-state index in [0.29, 0.717) is 48.3 Å². The summed E-state index contributed by atoms with van der Waals surface area (Å²) in [5.41, 5.74) is -1.82. The molecule has 0 radical (unpaired) electrons. The van der Waals surface area contributed by atoms with Gasteiger partial charge in [0.25, 0.3) is 5.91 Å². The Morgan fingerprint density at radius 2 is 1.81 bits per heavy atom. The molecule has 2 aliphatic heterocycles. The molecule has 2 aromatic rings. The molecule has 0 bridgehead atoms. The maximum Gasteiger partial charge on any atom is 0.408 e. The number of nitrogens with one attached hydrogen (secondary N) is 3. The number of fused-ring (bicyclic) bond motifs is 3. The smallest absolute Gasteiger partial charge is 0.408 e. The monoisotopic (exact) mass is 811 g/mol. The molecule has 17 heteroatoms. The van der Waals surface area contributed by atoms with Crippen molar-refractivity contribution in [3.8, 4) is 11.6 Å². The summed E-state index contributed by atoms with van der Waals surface area (Å²) < 4.78 is 45.3. The lowest BCUT2D eigenvalue weighted by Crippen LogP contribution is -2.59. The highest BCUT2D eigenvalue weighted by atomic mass is 32.2. The Morgan fingerprint density at radius 3 is 2.46 bits per heavy atom. The first kappa shape index (κ1) is 41.9. The Labute approximate surface area is 334 Å². The largest absolute Gasteiger partial charge is 0.497 e. The van der Waals surface area contributed by atoms with E-state index < -0.39 is 73.8 Å². The van der Waals surface area contributed by atoms with Gasteiger partial charge in [-0.2, -0.15) is 4.98 Å². The first-order valence-electron chi connectivity index (χ1n) is 19.7. The average Bonchev–Trinajstić information content (AvgIpc) is 4.00. The molecule has 57 heavy (non-hydrogen) atoms. The fourth-order valence-corrected chi connectivity index (χ4v) is 8.99. The highest BCUT2D eigenvalue weighted by molar-refractivity contribution is 7.91. The molecule has 2 saturated carbocycles. The molecule has 4 aliphatic rings. The van der Waals surface area contributed by atoms with Crippen molar-refractivity contribution in [1.82, 2.24) is 30.2 Å². The molecule has 7 atom stereocenters. The summed E-state index contributed by atoms with van der Waals surface area (Å²) >= 11 is 0. The molecular formula is C40H57N7O9S. The number of sulfonamides is 1. The summed E-state index contributed by atoms with van der Waals surface area (Å²) in [6.45, 7) is 10.7. The highest BCUT2D eigenvalue weighted by Gasteiger charge is 2.63. The number of anilines is 1. The topological polar surface area (TPSA) is 198 Å². The van der Waals surface area contributed by atoms with Gasteiger partial charge < -0.3 is 34.6 Å². The Kier molecular flexibility index (Phi) is 11.5. The van der Waals surface area contributed by atoms with Crippen molar-refractivity contribution in [2.75, 3.05) is 32.6 Å². The Morgan fingerprint density at radius 1 is 1.09 bits per heavy atom. The SMILES string of the molecule is COc1ccc2c(O[C@@H]3C[C@H]4C(=O)N[C@]5(C(=O)NS(=O)(=O)C6(C)CC6)C[C@H]5/C=C\CC[C@@H](C)C[C@@H](C)[C@H](NC(=O)OC(C)(C)C)C(=O)N4C3)nc(N(C)C)nc2c1. The van der Waals surface area contributed by atoms with Crippen molar-refractivity contribution in [2.24, 2.45) is 17.8 Å². The summed E-state index contributed by atoms with van der Waals surface area (Å²) in [5, 5.41) is 6.31. The maximum atomic E-state index is 14.9. The number of allylic oxidation sites excluding steroid dienone is 1. The third kappa shape index (κ3) is 9.07. The van der Waals surface area contributed by atoms with Crippen LogP contribution in [0.1, 0.15) is 86.5 Å². The van der Waals surface area contributed by atoms with Crippen LogP contribution in [0, 0.1) is 17.8 Å². The fraction of sp³-hybridized carbons (Fsp3) is 0.650. The standard InChI is InChI=1S/C40H57N7O9S/c1-23-12-10-11-13-25-21-40(25,35(50)45-57(52,53)39(6)16-17-39)44-32(48)30-20-27(22-47(30)34(49)31(24(2)18-23)42-37(51)56-38(3,4)5)55-33-28-15-14-26(54-9)19-29(28)41-36(43-33)46(7)8/h11,13-15,19,23-25,27,30-31H,10,12,16-18,20-22H2,1-9H3,(H,42,51)(H,44,48)(H,45,50)/b13-11-/t23-,24-,25-,27-,30+,31+,40-/m1/s1. The van der Waals surface area contributed by atoms with Gasteiger partial charge in [0.05, 0.1) is 29.3 Å². The lowest BCUT2D eigenvalue weighted by molar-refractivity contribution is -0.142. The van der Waals surface area contributed by atoms with Gasteiger partial charge in [0.2, 0.25) is 33.7 Å². The van der Waals surface area contributed by atoms with Gasteiger partial charge in [0.1, 0.15) is 35.1 Å². The first-order chi connectivity index (χ1) is 26.6. The van der Waals surface area contributed by atoms with Gasteiger partial charge in [-0.25, -0.2) is 18.2 Å². The minimum atomic E-state index is -4.01. The van der Waals surface area contributed by atoms with Crippen molar-refractivity contribution in [3.63, 3.8) is 0 Å². The second-order valence-corrected chi connectivity index (χ2v) is 19.9. The van der Waals surface area contributed by atoms with E-state index in [1.807, 2.05) is 19.1 Å². The summed E-state index contributed by atoms with van der Waals surface area (Å²) in [6, 6.07) is 3.07. The summed E-state index contributed by atoms with van der Waals surface area (Å²) in [5.74, 6) is -1.46. The van der Waals surface area contributed by atoms with Crippen molar-refractivity contribution in [3.05, 3.63) is 30.4 Å². The predicted molar refractivity (Wildman–Crippen MR) is 213 cm³/mol. The number of benzene rings is 1. The summed E-state index contributed by atoms with van der Waals surface area (Å²) in [7, 11) is 1.13. The number of aromatic nitrogens is 2. The number of carbonyl (C=O) groups excluding carboxylic acids is 4. The van der Waals surface area contributed by atoms with Crippen LogP contribution in [0.4, 0.5) is 10.7 Å². The molecular weight excluding hydrogens is 755 g/mol. The van der Waals surface area contributed by atoms with Crippen LogP contribution in [0.3, 0.4) is 0 Å². The number of methoxy groups -OCH3 is 1. The molecule has 312 valence electrons. The number of hydrogen-bond acceptors (Lipinski definition) is 12. The Hall–Kier alpha value is -4.67. The van der Waals surface area contributed by atoms with Crippen molar-refractivity contribution < 1.29 is 41.8 Å². The highest BCUT2D eigenvalue weighted by Crippen LogP contribution is 2.47.